The minimum atomic E-state index is -0.109. The minimum absolute atomic E-state index is 0.109. The lowest BCUT2D eigenvalue weighted by molar-refractivity contribution is 0.550. The van der Waals surface area contributed by atoms with Gasteiger partial charge in [-0.05, 0) is 44.4 Å². The first kappa shape index (κ1) is 14.3. The van der Waals surface area contributed by atoms with Crippen LogP contribution < -0.4 is 10.6 Å². The van der Waals surface area contributed by atoms with Crippen LogP contribution in [0.5, 0.6) is 0 Å². The molecule has 1 fully saturated rings. The molecule has 2 N–H and O–H groups in total. The molecular weight excluding hydrogens is 239 g/mol. The van der Waals surface area contributed by atoms with E-state index in [2.05, 4.69) is 17.9 Å². The number of hydrogen-bond donors (Lipinski definition) is 1. The third-order valence-corrected chi connectivity index (χ3v) is 4.15. The summed E-state index contributed by atoms with van der Waals surface area (Å²) in [5.41, 5.74) is 7.51. The summed E-state index contributed by atoms with van der Waals surface area (Å²) in [4.78, 5) is 2.42. The second-order valence-electron chi connectivity index (χ2n) is 5.38. The molecule has 3 heteroatoms. The smallest absolute Gasteiger partial charge is 0.128 e. The van der Waals surface area contributed by atoms with E-state index >= 15 is 0 Å². The van der Waals surface area contributed by atoms with E-state index in [0.717, 1.165) is 24.2 Å². The van der Waals surface area contributed by atoms with Crippen LogP contribution in [0.4, 0.5) is 10.1 Å². The Hall–Kier alpha value is -1.09. The molecule has 0 saturated carbocycles. The lowest BCUT2D eigenvalue weighted by Gasteiger charge is -2.33. The van der Waals surface area contributed by atoms with Crippen molar-refractivity contribution >= 4 is 5.69 Å². The molecule has 2 nitrogen and oxygen atoms in total. The highest BCUT2D eigenvalue weighted by atomic mass is 19.1. The van der Waals surface area contributed by atoms with Gasteiger partial charge in [0, 0.05) is 23.8 Å². The van der Waals surface area contributed by atoms with Gasteiger partial charge in [0.2, 0.25) is 0 Å². The lowest BCUT2D eigenvalue weighted by atomic mass is 10.0. The minimum Gasteiger partial charge on any atom is -0.368 e. The monoisotopic (exact) mass is 264 g/mol. The second-order valence-corrected chi connectivity index (χ2v) is 5.38. The molecule has 0 bridgehead atoms. The maximum absolute atomic E-state index is 14.0. The highest BCUT2D eigenvalue weighted by Gasteiger charge is 2.22. The van der Waals surface area contributed by atoms with Crippen molar-refractivity contribution in [2.75, 3.05) is 18.0 Å². The van der Waals surface area contributed by atoms with Gasteiger partial charge in [0.1, 0.15) is 5.82 Å². The van der Waals surface area contributed by atoms with Crippen molar-refractivity contribution < 1.29 is 4.39 Å². The maximum atomic E-state index is 14.0. The molecule has 1 aliphatic heterocycles. The third-order valence-electron chi connectivity index (χ3n) is 4.15. The van der Waals surface area contributed by atoms with Crippen LogP contribution >= 0.6 is 0 Å². The van der Waals surface area contributed by atoms with E-state index in [1.54, 1.807) is 6.07 Å². The summed E-state index contributed by atoms with van der Waals surface area (Å²) in [6.07, 6.45) is 6.74. The van der Waals surface area contributed by atoms with Crippen LogP contribution in [-0.4, -0.2) is 19.1 Å². The van der Waals surface area contributed by atoms with Gasteiger partial charge in [0.05, 0.1) is 0 Å². The van der Waals surface area contributed by atoms with E-state index < -0.39 is 0 Å². The molecule has 1 aromatic carbocycles. The molecule has 0 amide bonds. The summed E-state index contributed by atoms with van der Waals surface area (Å²) in [5.74, 6) is -0.109. The van der Waals surface area contributed by atoms with Gasteiger partial charge in [-0.1, -0.05) is 25.8 Å². The van der Waals surface area contributed by atoms with Gasteiger partial charge in [0.25, 0.3) is 0 Å². The molecule has 0 aliphatic carbocycles. The van der Waals surface area contributed by atoms with Crippen molar-refractivity contribution in [3.05, 3.63) is 29.6 Å². The van der Waals surface area contributed by atoms with Crippen LogP contribution in [0.25, 0.3) is 0 Å². The Labute approximate surface area is 115 Å². The second kappa shape index (κ2) is 6.90. The van der Waals surface area contributed by atoms with Crippen molar-refractivity contribution in [2.45, 2.75) is 51.5 Å². The molecule has 1 atom stereocenters. The van der Waals surface area contributed by atoms with Gasteiger partial charge < -0.3 is 10.6 Å². The van der Waals surface area contributed by atoms with Crippen molar-refractivity contribution in [1.82, 2.24) is 0 Å². The molecule has 0 spiro atoms. The zero-order valence-corrected chi connectivity index (χ0v) is 11.9. The fourth-order valence-corrected chi connectivity index (χ4v) is 3.13. The maximum Gasteiger partial charge on any atom is 0.128 e. The van der Waals surface area contributed by atoms with E-state index in [1.807, 2.05) is 6.07 Å². The van der Waals surface area contributed by atoms with Gasteiger partial charge in [-0.3, -0.25) is 0 Å². The number of anilines is 1. The number of halogens is 1. The third kappa shape index (κ3) is 3.27. The summed E-state index contributed by atoms with van der Waals surface area (Å²) in [7, 11) is 0. The van der Waals surface area contributed by atoms with Crippen LogP contribution in [0.3, 0.4) is 0 Å². The molecule has 1 aliphatic rings. The molecule has 0 radical (unpaired) electrons. The molecule has 1 saturated heterocycles. The number of nitrogens with zero attached hydrogens (tertiary/aromatic N) is 1. The Kier molecular flexibility index (Phi) is 5.20. The number of rotatable bonds is 4. The Morgan fingerprint density at radius 1 is 1.32 bits per heavy atom. The van der Waals surface area contributed by atoms with E-state index in [9.17, 15) is 4.39 Å². The van der Waals surface area contributed by atoms with Crippen LogP contribution in [0.2, 0.25) is 0 Å². The molecule has 2 rings (SSSR count). The SMILES string of the molecule is CCC1CCCCCN1c1cccc(F)c1CCN. The summed E-state index contributed by atoms with van der Waals surface area (Å²) >= 11 is 0. The van der Waals surface area contributed by atoms with Crippen LogP contribution in [0.15, 0.2) is 18.2 Å². The van der Waals surface area contributed by atoms with Crippen LogP contribution in [0.1, 0.15) is 44.6 Å². The van der Waals surface area contributed by atoms with Crippen LogP contribution in [-0.2, 0) is 6.42 Å². The van der Waals surface area contributed by atoms with E-state index in [4.69, 9.17) is 5.73 Å². The highest BCUT2D eigenvalue weighted by molar-refractivity contribution is 5.55. The van der Waals surface area contributed by atoms with Crippen molar-refractivity contribution in [1.29, 1.82) is 0 Å². The Balaban J connectivity index is 2.34. The molecular formula is C16H25FN2. The van der Waals surface area contributed by atoms with Gasteiger partial charge in [0.15, 0.2) is 0 Å². The largest absolute Gasteiger partial charge is 0.368 e. The number of hydrogen-bond acceptors (Lipinski definition) is 2. The fraction of sp³-hybridized carbons (Fsp3) is 0.625. The average molecular weight is 264 g/mol. The summed E-state index contributed by atoms with van der Waals surface area (Å²) in [6, 6.07) is 5.97. The quantitative estimate of drug-likeness (QED) is 0.902. The predicted octanol–water partition coefficient (Wildman–Crippen LogP) is 3.49. The number of benzene rings is 1. The van der Waals surface area contributed by atoms with E-state index in [1.165, 1.54) is 25.7 Å². The van der Waals surface area contributed by atoms with E-state index in [-0.39, 0.29) is 5.82 Å². The zero-order valence-electron chi connectivity index (χ0n) is 11.9. The zero-order chi connectivity index (χ0) is 13.7. The van der Waals surface area contributed by atoms with E-state index in [0.29, 0.717) is 19.0 Å². The summed E-state index contributed by atoms with van der Waals surface area (Å²) in [6.45, 7) is 3.77. The highest BCUT2D eigenvalue weighted by Crippen LogP contribution is 2.30. The molecule has 1 heterocycles. The van der Waals surface area contributed by atoms with Gasteiger partial charge in [-0.25, -0.2) is 4.39 Å². The van der Waals surface area contributed by atoms with Gasteiger partial charge in [-0.15, -0.1) is 0 Å². The first-order chi connectivity index (χ1) is 9.27. The van der Waals surface area contributed by atoms with Crippen LogP contribution in [0, 0.1) is 5.82 Å². The standard InChI is InChI=1S/C16H25FN2/c1-2-13-7-4-3-5-12-19(13)16-9-6-8-15(17)14(16)10-11-18/h6,8-9,13H,2-5,7,10-12,18H2,1H3. The molecule has 1 aromatic rings. The molecule has 106 valence electrons. The first-order valence-electron chi connectivity index (χ1n) is 7.52. The lowest BCUT2D eigenvalue weighted by Crippen LogP contribution is -2.35. The molecule has 19 heavy (non-hydrogen) atoms. The topological polar surface area (TPSA) is 29.3 Å². The Morgan fingerprint density at radius 2 is 2.16 bits per heavy atom. The van der Waals surface area contributed by atoms with Crippen molar-refractivity contribution in [2.24, 2.45) is 5.73 Å². The normalized spacial score (nSPS) is 20.4. The molecule has 1 unspecified atom stereocenters. The summed E-state index contributed by atoms with van der Waals surface area (Å²) in [5, 5.41) is 0. The predicted molar refractivity (Wildman–Crippen MR) is 79.1 cm³/mol. The molecule has 0 aromatic heterocycles. The van der Waals surface area contributed by atoms with Crippen molar-refractivity contribution in [3.63, 3.8) is 0 Å². The Bertz CT molecular complexity index is 406. The van der Waals surface area contributed by atoms with Gasteiger partial charge in [-0.2, -0.15) is 0 Å². The number of nitrogens with two attached hydrogens (primary N) is 1. The Morgan fingerprint density at radius 3 is 2.89 bits per heavy atom. The first-order valence-corrected chi connectivity index (χ1v) is 7.52. The average Bonchev–Trinajstić information content (AvgIpc) is 2.66. The van der Waals surface area contributed by atoms with Gasteiger partial charge >= 0.3 is 0 Å². The summed E-state index contributed by atoms with van der Waals surface area (Å²) < 4.78 is 14.0. The van der Waals surface area contributed by atoms with Crippen molar-refractivity contribution in [3.8, 4) is 0 Å². The fourth-order valence-electron chi connectivity index (χ4n) is 3.13.